The van der Waals surface area contributed by atoms with E-state index in [4.69, 9.17) is 16.3 Å². The summed E-state index contributed by atoms with van der Waals surface area (Å²) in [7, 11) is 1.63. The molecule has 134 valence electrons. The average molecular weight is 378 g/mol. The van der Waals surface area contributed by atoms with Gasteiger partial charge in [-0.3, -0.25) is 9.20 Å². The third-order valence-corrected chi connectivity index (χ3v) is 4.61. The Kier molecular flexibility index (Phi) is 4.52. The Balaban J connectivity index is 1.58. The highest BCUT2D eigenvalue weighted by Gasteiger charge is 2.11. The molecule has 0 aliphatic carbocycles. The molecular formula is C21H16ClN3O2. The van der Waals surface area contributed by atoms with Gasteiger partial charge < -0.3 is 10.1 Å². The van der Waals surface area contributed by atoms with Gasteiger partial charge in [0.1, 0.15) is 11.4 Å². The van der Waals surface area contributed by atoms with E-state index in [0.29, 0.717) is 16.3 Å². The second kappa shape index (κ2) is 7.13. The highest BCUT2D eigenvalue weighted by atomic mass is 35.5. The molecule has 5 nitrogen and oxygen atoms in total. The van der Waals surface area contributed by atoms with Gasteiger partial charge in [-0.05, 0) is 30.3 Å². The van der Waals surface area contributed by atoms with Gasteiger partial charge in [0, 0.05) is 23.5 Å². The number of halogens is 1. The Morgan fingerprint density at radius 3 is 2.63 bits per heavy atom. The molecule has 2 aromatic carbocycles. The third-order valence-electron chi connectivity index (χ3n) is 4.28. The van der Waals surface area contributed by atoms with Crippen molar-refractivity contribution in [1.82, 2.24) is 9.38 Å². The first-order chi connectivity index (χ1) is 13.2. The molecule has 2 heterocycles. The number of pyridine rings is 1. The van der Waals surface area contributed by atoms with Crippen LogP contribution < -0.4 is 10.1 Å². The van der Waals surface area contributed by atoms with Gasteiger partial charge >= 0.3 is 0 Å². The maximum atomic E-state index is 12.4. The second-order valence-electron chi connectivity index (χ2n) is 5.95. The van der Waals surface area contributed by atoms with Crippen molar-refractivity contribution >= 4 is 28.8 Å². The van der Waals surface area contributed by atoms with Crippen LogP contribution in [0.4, 0.5) is 5.69 Å². The number of amides is 1. The van der Waals surface area contributed by atoms with Gasteiger partial charge in [0.15, 0.2) is 0 Å². The number of ether oxygens (including phenoxy) is 1. The summed E-state index contributed by atoms with van der Waals surface area (Å²) in [5, 5.41) is 3.29. The lowest BCUT2D eigenvalue weighted by molar-refractivity contribution is 0.102. The predicted molar refractivity (Wildman–Crippen MR) is 107 cm³/mol. The molecule has 0 unspecified atom stereocenters. The minimum Gasteiger partial charge on any atom is -0.497 e. The number of anilines is 1. The quantitative estimate of drug-likeness (QED) is 0.549. The Morgan fingerprint density at radius 2 is 1.89 bits per heavy atom. The number of aromatic nitrogens is 2. The van der Waals surface area contributed by atoms with Gasteiger partial charge in [-0.15, -0.1) is 0 Å². The van der Waals surface area contributed by atoms with Crippen LogP contribution in [0.15, 0.2) is 73.1 Å². The van der Waals surface area contributed by atoms with Crippen molar-refractivity contribution in [2.75, 3.05) is 12.4 Å². The Bertz CT molecular complexity index is 1120. The lowest BCUT2D eigenvalue weighted by Crippen LogP contribution is -2.12. The summed E-state index contributed by atoms with van der Waals surface area (Å²) in [6, 6.07) is 18.3. The predicted octanol–water partition coefficient (Wildman–Crippen LogP) is 4.92. The number of benzene rings is 2. The summed E-state index contributed by atoms with van der Waals surface area (Å²) in [4.78, 5) is 16.8. The van der Waals surface area contributed by atoms with Crippen LogP contribution in [-0.4, -0.2) is 22.4 Å². The smallest absolute Gasteiger partial charge is 0.257 e. The molecule has 0 saturated carbocycles. The van der Waals surface area contributed by atoms with E-state index in [-0.39, 0.29) is 5.91 Å². The van der Waals surface area contributed by atoms with Crippen LogP contribution in [0, 0.1) is 0 Å². The number of imidazole rings is 1. The zero-order chi connectivity index (χ0) is 18.8. The van der Waals surface area contributed by atoms with E-state index < -0.39 is 0 Å². The van der Waals surface area contributed by atoms with Gasteiger partial charge in [0.2, 0.25) is 0 Å². The number of nitrogens with one attached hydrogen (secondary N) is 1. The number of hydrogen-bond acceptors (Lipinski definition) is 3. The van der Waals surface area contributed by atoms with Crippen LogP contribution in [0.5, 0.6) is 5.75 Å². The molecule has 0 bridgehead atoms. The summed E-state index contributed by atoms with van der Waals surface area (Å²) in [5.74, 6) is 0.521. The van der Waals surface area contributed by atoms with Crippen molar-refractivity contribution in [1.29, 1.82) is 0 Å². The largest absolute Gasteiger partial charge is 0.497 e. The van der Waals surface area contributed by atoms with Gasteiger partial charge in [-0.25, -0.2) is 4.98 Å². The van der Waals surface area contributed by atoms with Crippen LogP contribution in [0.25, 0.3) is 16.9 Å². The third kappa shape index (κ3) is 3.37. The first-order valence-electron chi connectivity index (χ1n) is 8.33. The molecule has 0 spiro atoms. The number of carbonyl (C=O) groups excluding carboxylic acids is 1. The van der Waals surface area contributed by atoms with Gasteiger partial charge in [-0.2, -0.15) is 0 Å². The van der Waals surface area contributed by atoms with Crippen molar-refractivity contribution in [2.45, 2.75) is 0 Å². The van der Waals surface area contributed by atoms with E-state index in [1.54, 1.807) is 31.4 Å². The molecule has 6 heteroatoms. The molecule has 0 aliphatic rings. The summed E-state index contributed by atoms with van der Waals surface area (Å²) >= 11 is 6.08. The number of carbonyl (C=O) groups is 1. The van der Waals surface area contributed by atoms with Crippen molar-refractivity contribution in [3.05, 3.63) is 83.6 Å². The normalized spacial score (nSPS) is 10.7. The molecule has 27 heavy (non-hydrogen) atoms. The monoisotopic (exact) mass is 377 g/mol. The van der Waals surface area contributed by atoms with Crippen molar-refractivity contribution < 1.29 is 9.53 Å². The zero-order valence-corrected chi connectivity index (χ0v) is 15.3. The van der Waals surface area contributed by atoms with Crippen molar-refractivity contribution in [3.8, 4) is 17.0 Å². The lowest BCUT2D eigenvalue weighted by Gasteiger charge is -2.08. The molecule has 0 atom stereocenters. The number of fused-ring (bicyclic) bond motifs is 1. The maximum absolute atomic E-state index is 12.4. The molecule has 4 rings (SSSR count). The highest BCUT2D eigenvalue weighted by Crippen LogP contribution is 2.25. The molecule has 1 amide bonds. The van der Waals surface area contributed by atoms with E-state index in [0.717, 1.165) is 22.7 Å². The van der Waals surface area contributed by atoms with Crippen LogP contribution in [0.2, 0.25) is 5.02 Å². The minimum atomic E-state index is -0.241. The molecule has 0 aliphatic heterocycles. The SMILES string of the molecule is COc1ccn2c(-c3ccc(NC(=O)c4ccccc4Cl)cc3)cnc2c1. The number of rotatable bonds is 4. The zero-order valence-electron chi connectivity index (χ0n) is 14.5. The van der Waals surface area contributed by atoms with E-state index in [2.05, 4.69) is 10.3 Å². The van der Waals surface area contributed by atoms with Crippen LogP contribution in [0.3, 0.4) is 0 Å². The first kappa shape index (κ1) is 17.1. The maximum Gasteiger partial charge on any atom is 0.257 e. The first-order valence-corrected chi connectivity index (χ1v) is 8.71. The number of methoxy groups -OCH3 is 1. The molecule has 4 aromatic rings. The van der Waals surface area contributed by atoms with E-state index in [1.807, 2.05) is 53.2 Å². The Morgan fingerprint density at radius 1 is 1.11 bits per heavy atom. The topological polar surface area (TPSA) is 55.6 Å². The van der Waals surface area contributed by atoms with Crippen LogP contribution >= 0.6 is 11.6 Å². The molecule has 2 aromatic heterocycles. The number of hydrogen-bond donors (Lipinski definition) is 1. The molecule has 0 saturated heterocycles. The molecule has 0 radical (unpaired) electrons. The molecular weight excluding hydrogens is 362 g/mol. The van der Waals surface area contributed by atoms with Crippen LogP contribution in [0.1, 0.15) is 10.4 Å². The summed E-state index contributed by atoms with van der Waals surface area (Å²) in [6.45, 7) is 0. The summed E-state index contributed by atoms with van der Waals surface area (Å²) in [6.07, 6.45) is 3.73. The van der Waals surface area contributed by atoms with Crippen molar-refractivity contribution in [3.63, 3.8) is 0 Å². The molecule has 0 fully saturated rings. The van der Waals surface area contributed by atoms with Gasteiger partial charge in [0.25, 0.3) is 5.91 Å². The second-order valence-corrected chi connectivity index (χ2v) is 6.36. The molecule has 1 N–H and O–H groups in total. The van der Waals surface area contributed by atoms with E-state index in [1.165, 1.54) is 0 Å². The Labute approximate surface area is 161 Å². The van der Waals surface area contributed by atoms with E-state index in [9.17, 15) is 4.79 Å². The Hall–Kier alpha value is -3.31. The minimum absolute atomic E-state index is 0.241. The fourth-order valence-corrected chi connectivity index (χ4v) is 3.09. The van der Waals surface area contributed by atoms with Crippen molar-refractivity contribution in [2.24, 2.45) is 0 Å². The summed E-state index contributed by atoms with van der Waals surface area (Å²) in [5.41, 5.74) is 3.89. The average Bonchev–Trinajstić information content (AvgIpc) is 3.12. The van der Waals surface area contributed by atoms with Gasteiger partial charge in [0.05, 0.1) is 29.6 Å². The lowest BCUT2D eigenvalue weighted by atomic mass is 10.1. The fourth-order valence-electron chi connectivity index (χ4n) is 2.87. The summed E-state index contributed by atoms with van der Waals surface area (Å²) < 4.78 is 7.22. The standard InChI is InChI=1S/C21H16ClN3O2/c1-27-16-10-11-25-19(13-23-20(25)12-16)14-6-8-15(9-7-14)24-21(26)17-4-2-3-5-18(17)22/h2-13H,1H3,(H,24,26). The van der Waals surface area contributed by atoms with E-state index >= 15 is 0 Å². The fraction of sp³-hybridized carbons (Fsp3) is 0.0476. The number of nitrogens with zero attached hydrogens (tertiary/aromatic N) is 2. The van der Waals surface area contributed by atoms with Gasteiger partial charge in [-0.1, -0.05) is 35.9 Å². The highest BCUT2D eigenvalue weighted by molar-refractivity contribution is 6.34. The van der Waals surface area contributed by atoms with Crippen LogP contribution in [-0.2, 0) is 0 Å².